The first-order chi connectivity index (χ1) is 9.03. The molecule has 0 unspecified atom stereocenters. The Morgan fingerprint density at radius 1 is 1.42 bits per heavy atom. The number of amides is 2. The minimum absolute atomic E-state index is 0.245. The van der Waals surface area contributed by atoms with Crippen LogP contribution in [0.3, 0.4) is 0 Å². The number of hydrogen-bond donors (Lipinski definition) is 3. The Morgan fingerprint density at radius 3 is 2.68 bits per heavy atom. The number of nitrogens with one attached hydrogen (secondary N) is 2. The van der Waals surface area contributed by atoms with E-state index in [0.717, 1.165) is 13.0 Å². The van der Waals surface area contributed by atoms with E-state index in [0.29, 0.717) is 18.5 Å². The largest absolute Gasteiger partial charge is 0.388 e. The van der Waals surface area contributed by atoms with E-state index in [2.05, 4.69) is 22.7 Å². The molecule has 2 amide bonds. The van der Waals surface area contributed by atoms with Crippen LogP contribution in [0.5, 0.6) is 0 Å². The highest BCUT2D eigenvalue weighted by molar-refractivity contribution is 5.88. The number of anilines is 1. The molecule has 0 aliphatic carbocycles. The van der Waals surface area contributed by atoms with Crippen LogP contribution in [0.25, 0.3) is 0 Å². The highest BCUT2D eigenvalue weighted by Crippen LogP contribution is 2.13. The average Bonchev–Trinajstić information content (AvgIpc) is 2.84. The van der Waals surface area contributed by atoms with Crippen LogP contribution in [-0.2, 0) is 6.54 Å². The molecule has 19 heavy (non-hydrogen) atoms. The molecule has 6 nitrogen and oxygen atoms in total. The minimum atomic E-state index is -0.830. The summed E-state index contributed by atoms with van der Waals surface area (Å²) in [7, 11) is 0. The van der Waals surface area contributed by atoms with Gasteiger partial charge in [0.25, 0.3) is 0 Å². The Balaban J connectivity index is 2.42. The predicted molar refractivity (Wildman–Crippen MR) is 75.1 cm³/mol. The average molecular weight is 268 g/mol. The van der Waals surface area contributed by atoms with Crippen molar-refractivity contribution in [2.75, 3.05) is 11.9 Å². The van der Waals surface area contributed by atoms with E-state index >= 15 is 0 Å². The van der Waals surface area contributed by atoms with Crippen molar-refractivity contribution >= 4 is 11.7 Å². The van der Waals surface area contributed by atoms with E-state index in [1.807, 2.05) is 13.8 Å². The first-order valence-corrected chi connectivity index (χ1v) is 6.82. The third kappa shape index (κ3) is 4.90. The molecule has 1 aromatic rings. The van der Waals surface area contributed by atoms with Gasteiger partial charge < -0.3 is 15.7 Å². The molecule has 0 aliphatic heterocycles. The van der Waals surface area contributed by atoms with Gasteiger partial charge in [-0.1, -0.05) is 20.8 Å². The standard InChI is InChI=1S/C13H24N4O2/c1-4-7-17-9-11(8-15-17)16-12(18)14-10-13(19,5-2)6-3/h8-9,19H,4-7,10H2,1-3H3,(H2,14,16,18). The molecule has 0 saturated heterocycles. The van der Waals surface area contributed by atoms with Gasteiger partial charge in [0, 0.05) is 19.3 Å². The smallest absolute Gasteiger partial charge is 0.319 e. The topological polar surface area (TPSA) is 79.2 Å². The quantitative estimate of drug-likeness (QED) is 0.707. The molecule has 1 aromatic heterocycles. The number of aliphatic hydroxyl groups is 1. The molecule has 1 heterocycles. The molecule has 0 saturated carbocycles. The third-order valence-corrected chi connectivity index (χ3v) is 3.24. The molecule has 0 spiro atoms. The summed E-state index contributed by atoms with van der Waals surface area (Å²) in [5.74, 6) is 0. The zero-order valence-electron chi connectivity index (χ0n) is 11.9. The van der Waals surface area contributed by atoms with Gasteiger partial charge in [-0.3, -0.25) is 4.68 Å². The lowest BCUT2D eigenvalue weighted by Crippen LogP contribution is -2.43. The number of aryl methyl sites for hydroxylation is 1. The maximum Gasteiger partial charge on any atom is 0.319 e. The van der Waals surface area contributed by atoms with Crippen molar-refractivity contribution < 1.29 is 9.90 Å². The fraction of sp³-hybridized carbons (Fsp3) is 0.692. The van der Waals surface area contributed by atoms with Gasteiger partial charge in [0.1, 0.15) is 0 Å². The van der Waals surface area contributed by atoms with Crippen LogP contribution in [0.1, 0.15) is 40.0 Å². The van der Waals surface area contributed by atoms with Gasteiger partial charge in [-0.2, -0.15) is 5.10 Å². The van der Waals surface area contributed by atoms with E-state index in [4.69, 9.17) is 0 Å². The molecule has 0 bridgehead atoms. The second-order valence-electron chi connectivity index (χ2n) is 4.73. The lowest BCUT2D eigenvalue weighted by atomic mass is 9.98. The third-order valence-electron chi connectivity index (χ3n) is 3.24. The van der Waals surface area contributed by atoms with Gasteiger partial charge in [0.05, 0.1) is 17.5 Å². The minimum Gasteiger partial charge on any atom is -0.388 e. The monoisotopic (exact) mass is 268 g/mol. The van der Waals surface area contributed by atoms with Gasteiger partial charge >= 0.3 is 6.03 Å². The Bertz CT molecular complexity index is 399. The summed E-state index contributed by atoms with van der Waals surface area (Å²) in [5.41, 5.74) is -0.175. The number of rotatable bonds is 7. The van der Waals surface area contributed by atoms with Crippen molar-refractivity contribution in [2.45, 2.75) is 52.2 Å². The number of hydrogen-bond acceptors (Lipinski definition) is 3. The van der Waals surface area contributed by atoms with Crippen LogP contribution in [0.15, 0.2) is 12.4 Å². The second kappa shape index (κ2) is 7.13. The van der Waals surface area contributed by atoms with E-state index in [1.165, 1.54) is 0 Å². The molecular weight excluding hydrogens is 244 g/mol. The SMILES string of the molecule is CCCn1cc(NC(=O)NCC(O)(CC)CC)cn1. The fourth-order valence-electron chi connectivity index (χ4n) is 1.70. The fourth-order valence-corrected chi connectivity index (χ4v) is 1.70. The Morgan fingerprint density at radius 2 is 2.11 bits per heavy atom. The van der Waals surface area contributed by atoms with E-state index in [9.17, 15) is 9.90 Å². The molecular formula is C13H24N4O2. The molecule has 0 radical (unpaired) electrons. The van der Waals surface area contributed by atoms with Crippen LogP contribution in [-0.4, -0.2) is 33.1 Å². The Labute approximate surface area is 114 Å². The van der Waals surface area contributed by atoms with E-state index < -0.39 is 5.60 Å². The molecule has 3 N–H and O–H groups in total. The first-order valence-electron chi connectivity index (χ1n) is 6.82. The Hall–Kier alpha value is -1.56. The summed E-state index contributed by atoms with van der Waals surface area (Å²) < 4.78 is 1.78. The summed E-state index contributed by atoms with van der Waals surface area (Å²) in [6, 6.07) is -0.323. The van der Waals surface area contributed by atoms with E-state index in [1.54, 1.807) is 17.1 Å². The Kier molecular flexibility index (Phi) is 5.82. The van der Waals surface area contributed by atoms with Gasteiger partial charge in [-0.05, 0) is 19.3 Å². The van der Waals surface area contributed by atoms with Gasteiger partial charge in [-0.15, -0.1) is 0 Å². The molecule has 6 heteroatoms. The van der Waals surface area contributed by atoms with Crippen molar-refractivity contribution in [3.05, 3.63) is 12.4 Å². The highest BCUT2D eigenvalue weighted by Gasteiger charge is 2.22. The molecule has 0 aliphatic rings. The predicted octanol–water partition coefficient (Wildman–Crippen LogP) is 1.97. The maximum absolute atomic E-state index is 11.7. The zero-order chi connectivity index (χ0) is 14.3. The van der Waals surface area contributed by atoms with Crippen LogP contribution in [0.2, 0.25) is 0 Å². The lowest BCUT2D eigenvalue weighted by molar-refractivity contribution is 0.0354. The summed E-state index contributed by atoms with van der Waals surface area (Å²) in [6.07, 6.45) is 5.61. The first kappa shape index (κ1) is 15.5. The maximum atomic E-state index is 11.7. The van der Waals surface area contributed by atoms with Crippen molar-refractivity contribution in [2.24, 2.45) is 0 Å². The second-order valence-corrected chi connectivity index (χ2v) is 4.73. The number of urea groups is 1. The van der Waals surface area contributed by atoms with Crippen LogP contribution >= 0.6 is 0 Å². The normalized spacial score (nSPS) is 11.4. The summed E-state index contributed by atoms with van der Waals surface area (Å²) in [5, 5.41) is 19.6. The zero-order valence-corrected chi connectivity index (χ0v) is 11.9. The summed E-state index contributed by atoms with van der Waals surface area (Å²) >= 11 is 0. The lowest BCUT2D eigenvalue weighted by Gasteiger charge is -2.25. The number of carbonyl (C=O) groups excluding carboxylic acids is 1. The van der Waals surface area contributed by atoms with Crippen LogP contribution in [0.4, 0.5) is 10.5 Å². The summed E-state index contributed by atoms with van der Waals surface area (Å²) in [4.78, 5) is 11.7. The van der Waals surface area contributed by atoms with Crippen LogP contribution in [0, 0.1) is 0 Å². The van der Waals surface area contributed by atoms with Crippen molar-refractivity contribution in [3.63, 3.8) is 0 Å². The van der Waals surface area contributed by atoms with Gasteiger partial charge in [0.2, 0.25) is 0 Å². The molecule has 0 atom stereocenters. The number of aromatic nitrogens is 2. The number of carbonyl (C=O) groups is 1. The van der Waals surface area contributed by atoms with Crippen molar-refractivity contribution in [3.8, 4) is 0 Å². The molecule has 1 rings (SSSR count). The molecule has 108 valence electrons. The van der Waals surface area contributed by atoms with Gasteiger partial charge in [-0.25, -0.2) is 4.79 Å². The van der Waals surface area contributed by atoms with Crippen molar-refractivity contribution in [1.82, 2.24) is 15.1 Å². The molecule has 0 aromatic carbocycles. The van der Waals surface area contributed by atoms with Crippen LogP contribution < -0.4 is 10.6 Å². The highest BCUT2D eigenvalue weighted by atomic mass is 16.3. The number of nitrogens with zero attached hydrogens (tertiary/aromatic N) is 2. The van der Waals surface area contributed by atoms with E-state index in [-0.39, 0.29) is 12.6 Å². The van der Waals surface area contributed by atoms with Crippen molar-refractivity contribution in [1.29, 1.82) is 0 Å². The molecule has 0 fully saturated rings. The van der Waals surface area contributed by atoms with Gasteiger partial charge in [0.15, 0.2) is 0 Å². The summed E-state index contributed by atoms with van der Waals surface area (Å²) in [6.45, 7) is 6.94.